The molecule has 0 radical (unpaired) electrons. The number of ether oxygens (including phenoxy) is 2. The third-order valence-corrected chi connectivity index (χ3v) is 1.69. The lowest BCUT2D eigenvalue weighted by molar-refractivity contribution is 0.398. The van der Waals surface area contributed by atoms with E-state index in [2.05, 4.69) is 9.97 Å². The van der Waals surface area contributed by atoms with Crippen LogP contribution in [0.4, 0.5) is 0 Å². The second-order valence-electron chi connectivity index (χ2n) is 2.74. The van der Waals surface area contributed by atoms with Crippen LogP contribution in [0.2, 0.25) is 0 Å². The third kappa shape index (κ3) is 4.41. The van der Waals surface area contributed by atoms with Gasteiger partial charge in [0.05, 0.1) is 14.2 Å². The first-order valence-electron chi connectivity index (χ1n) is 4.77. The molecule has 0 aromatic carbocycles. The van der Waals surface area contributed by atoms with E-state index in [1.54, 1.807) is 38.7 Å². The highest BCUT2D eigenvalue weighted by Gasteiger charge is 1.82. The van der Waals surface area contributed by atoms with E-state index in [0.29, 0.717) is 11.8 Å². The van der Waals surface area contributed by atoms with Gasteiger partial charge in [-0.15, -0.1) is 0 Å². The zero-order chi connectivity index (χ0) is 11.6. The van der Waals surface area contributed by atoms with E-state index in [4.69, 9.17) is 9.47 Å². The van der Waals surface area contributed by atoms with Gasteiger partial charge in [-0.05, 0) is 12.1 Å². The summed E-state index contributed by atoms with van der Waals surface area (Å²) in [7, 11) is 3.20. The lowest BCUT2D eigenvalue weighted by Crippen LogP contribution is -1.83. The van der Waals surface area contributed by atoms with Crippen molar-refractivity contribution in [3.8, 4) is 11.8 Å². The SMILES string of the molecule is COc1ccccn1.COc1ccccn1. The molecule has 0 atom stereocenters. The summed E-state index contributed by atoms with van der Waals surface area (Å²) >= 11 is 0. The Kier molecular flexibility index (Phi) is 5.41. The molecule has 4 heteroatoms. The molecule has 2 aromatic rings. The van der Waals surface area contributed by atoms with E-state index in [1.807, 2.05) is 24.3 Å². The molecule has 0 unspecified atom stereocenters. The summed E-state index contributed by atoms with van der Waals surface area (Å²) in [4.78, 5) is 7.75. The third-order valence-electron chi connectivity index (χ3n) is 1.69. The van der Waals surface area contributed by atoms with Crippen LogP contribution in [-0.2, 0) is 0 Å². The number of pyridine rings is 2. The second-order valence-corrected chi connectivity index (χ2v) is 2.74. The second kappa shape index (κ2) is 7.23. The predicted octanol–water partition coefficient (Wildman–Crippen LogP) is 2.18. The average Bonchev–Trinajstić information content (AvgIpc) is 2.41. The van der Waals surface area contributed by atoms with Crippen molar-refractivity contribution in [3.63, 3.8) is 0 Å². The van der Waals surface area contributed by atoms with Gasteiger partial charge < -0.3 is 9.47 Å². The molecule has 0 aliphatic rings. The summed E-state index contributed by atoms with van der Waals surface area (Å²) in [6, 6.07) is 11.1. The Balaban J connectivity index is 0.000000160. The lowest BCUT2D eigenvalue weighted by atomic mass is 10.5. The minimum Gasteiger partial charge on any atom is -0.481 e. The van der Waals surface area contributed by atoms with Gasteiger partial charge in [-0.2, -0.15) is 0 Å². The normalized spacial score (nSPS) is 8.62. The van der Waals surface area contributed by atoms with Crippen LogP contribution in [0.15, 0.2) is 48.8 Å². The molecule has 0 N–H and O–H groups in total. The van der Waals surface area contributed by atoms with E-state index < -0.39 is 0 Å². The Morgan fingerprint density at radius 1 is 0.750 bits per heavy atom. The van der Waals surface area contributed by atoms with Crippen molar-refractivity contribution >= 4 is 0 Å². The van der Waals surface area contributed by atoms with Crippen molar-refractivity contribution in [2.75, 3.05) is 14.2 Å². The van der Waals surface area contributed by atoms with Crippen molar-refractivity contribution in [2.24, 2.45) is 0 Å². The molecule has 4 nitrogen and oxygen atoms in total. The fourth-order valence-electron chi connectivity index (χ4n) is 0.936. The van der Waals surface area contributed by atoms with Crippen molar-refractivity contribution in [3.05, 3.63) is 48.8 Å². The van der Waals surface area contributed by atoms with Gasteiger partial charge in [-0.1, -0.05) is 12.1 Å². The Morgan fingerprint density at radius 2 is 1.19 bits per heavy atom. The molecule has 84 valence electrons. The zero-order valence-corrected chi connectivity index (χ0v) is 9.33. The topological polar surface area (TPSA) is 44.2 Å². The van der Waals surface area contributed by atoms with Crippen LogP contribution in [0.25, 0.3) is 0 Å². The summed E-state index contributed by atoms with van der Waals surface area (Å²) in [5.41, 5.74) is 0. The van der Waals surface area contributed by atoms with Gasteiger partial charge in [-0.25, -0.2) is 9.97 Å². The van der Waals surface area contributed by atoms with E-state index >= 15 is 0 Å². The van der Waals surface area contributed by atoms with E-state index in [0.717, 1.165) is 0 Å². The maximum Gasteiger partial charge on any atom is 0.212 e. The number of nitrogens with zero attached hydrogens (tertiary/aromatic N) is 2. The average molecular weight is 218 g/mol. The minimum atomic E-state index is 0.660. The highest BCUT2D eigenvalue weighted by molar-refractivity contribution is 5.09. The van der Waals surface area contributed by atoms with Crippen LogP contribution in [-0.4, -0.2) is 24.2 Å². The van der Waals surface area contributed by atoms with E-state index in [9.17, 15) is 0 Å². The molecule has 0 fully saturated rings. The van der Waals surface area contributed by atoms with Crippen LogP contribution >= 0.6 is 0 Å². The maximum atomic E-state index is 4.80. The molecule has 0 spiro atoms. The molecular formula is C12H14N2O2. The Hall–Kier alpha value is -2.10. The molecule has 0 aliphatic carbocycles. The Bertz CT molecular complexity index is 339. The van der Waals surface area contributed by atoms with Gasteiger partial charge in [0.15, 0.2) is 0 Å². The fraction of sp³-hybridized carbons (Fsp3) is 0.167. The van der Waals surface area contributed by atoms with Gasteiger partial charge in [-0.3, -0.25) is 0 Å². The summed E-state index contributed by atoms with van der Waals surface area (Å²) in [5, 5.41) is 0. The highest BCUT2D eigenvalue weighted by atomic mass is 16.5. The van der Waals surface area contributed by atoms with Crippen molar-refractivity contribution in [1.29, 1.82) is 0 Å². The first-order chi connectivity index (χ1) is 7.86. The highest BCUT2D eigenvalue weighted by Crippen LogP contribution is 2.00. The Morgan fingerprint density at radius 3 is 1.38 bits per heavy atom. The van der Waals surface area contributed by atoms with Gasteiger partial charge in [0.1, 0.15) is 0 Å². The number of methoxy groups -OCH3 is 2. The minimum absolute atomic E-state index is 0.660. The van der Waals surface area contributed by atoms with Crippen LogP contribution in [0, 0.1) is 0 Å². The van der Waals surface area contributed by atoms with Crippen LogP contribution in [0.1, 0.15) is 0 Å². The van der Waals surface area contributed by atoms with Gasteiger partial charge >= 0.3 is 0 Å². The molecule has 0 aliphatic heterocycles. The summed E-state index contributed by atoms with van der Waals surface area (Å²) in [6.45, 7) is 0. The van der Waals surface area contributed by atoms with Crippen LogP contribution in [0.3, 0.4) is 0 Å². The number of hydrogen-bond donors (Lipinski definition) is 0. The predicted molar refractivity (Wildman–Crippen MR) is 61.6 cm³/mol. The molecule has 0 saturated carbocycles. The van der Waals surface area contributed by atoms with Gasteiger partial charge in [0.25, 0.3) is 0 Å². The van der Waals surface area contributed by atoms with Crippen molar-refractivity contribution < 1.29 is 9.47 Å². The monoisotopic (exact) mass is 218 g/mol. The number of hydrogen-bond acceptors (Lipinski definition) is 4. The summed E-state index contributed by atoms with van der Waals surface area (Å²) in [5.74, 6) is 1.32. The van der Waals surface area contributed by atoms with Crippen molar-refractivity contribution in [2.45, 2.75) is 0 Å². The fourth-order valence-corrected chi connectivity index (χ4v) is 0.936. The molecule has 0 saturated heterocycles. The number of aromatic nitrogens is 2. The molecule has 16 heavy (non-hydrogen) atoms. The molecule has 0 bridgehead atoms. The summed E-state index contributed by atoms with van der Waals surface area (Å²) in [6.07, 6.45) is 3.39. The quantitative estimate of drug-likeness (QED) is 0.775. The first-order valence-corrected chi connectivity index (χ1v) is 4.77. The molecule has 2 aromatic heterocycles. The standard InChI is InChI=1S/2C6H7NO/c2*1-8-6-4-2-3-5-7-6/h2*2-5H,1H3. The smallest absolute Gasteiger partial charge is 0.212 e. The van der Waals surface area contributed by atoms with Crippen LogP contribution < -0.4 is 9.47 Å². The van der Waals surface area contributed by atoms with Gasteiger partial charge in [0.2, 0.25) is 11.8 Å². The maximum absolute atomic E-state index is 4.80. The molecule has 2 heterocycles. The number of rotatable bonds is 2. The molecule has 0 amide bonds. The summed E-state index contributed by atoms with van der Waals surface area (Å²) < 4.78 is 9.61. The van der Waals surface area contributed by atoms with Crippen LogP contribution in [0.5, 0.6) is 11.8 Å². The zero-order valence-electron chi connectivity index (χ0n) is 9.33. The largest absolute Gasteiger partial charge is 0.481 e. The molecular weight excluding hydrogens is 204 g/mol. The van der Waals surface area contributed by atoms with E-state index in [1.165, 1.54) is 0 Å². The molecule has 2 rings (SSSR count). The van der Waals surface area contributed by atoms with Crippen molar-refractivity contribution in [1.82, 2.24) is 9.97 Å². The van der Waals surface area contributed by atoms with Gasteiger partial charge in [0, 0.05) is 24.5 Å². The van der Waals surface area contributed by atoms with E-state index in [-0.39, 0.29) is 0 Å². The first kappa shape index (κ1) is 12.0. The Labute approximate surface area is 94.9 Å². The lowest BCUT2D eigenvalue weighted by Gasteiger charge is -1.92.